The maximum absolute atomic E-state index is 12.4. The molecule has 0 saturated carbocycles. The highest BCUT2D eigenvalue weighted by Crippen LogP contribution is 2.24. The van der Waals surface area contributed by atoms with Gasteiger partial charge in [0.25, 0.3) is 11.8 Å². The molecule has 2 aliphatic heterocycles. The van der Waals surface area contributed by atoms with Gasteiger partial charge in [-0.3, -0.25) is 24.1 Å². The van der Waals surface area contributed by atoms with Gasteiger partial charge in [0.2, 0.25) is 11.8 Å². The van der Waals surface area contributed by atoms with Gasteiger partial charge in [-0.2, -0.15) is 0 Å². The third-order valence-corrected chi connectivity index (χ3v) is 6.51. The van der Waals surface area contributed by atoms with Gasteiger partial charge < -0.3 is 10.2 Å². The molecule has 8 heteroatoms. The average Bonchev–Trinajstić information content (AvgIpc) is 3.32. The molecule has 2 aromatic rings. The number of rotatable bonds is 7. The number of carbonyl (C=O) groups is 4. The number of carbonyl (C=O) groups excluding carboxylic acids is 4. The molecule has 0 bridgehead atoms. The number of hydrogen-bond acceptors (Lipinski definition) is 5. The van der Waals surface area contributed by atoms with Gasteiger partial charge in [-0.05, 0) is 42.0 Å². The summed E-state index contributed by atoms with van der Waals surface area (Å²) in [6.07, 6.45) is 1.74. The number of thiophene rings is 1. The Balaban J connectivity index is 1.15. The van der Waals surface area contributed by atoms with E-state index in [0.717, 1.165) is 13.0 Å². The second-order valence-electron chi connectivity index (χ2n) is 7.45. The summed E-state index contributed by atoms with van der Waals surface area (Å²) in [5.41, 5.74) is 2.05. The van der Waals surface area contributed by atoms with Gasteiger partial charge in [-0.1, -0.05) is 12.1 Å². The van der Waals surface area contributed by atoms with Gasteiger partial charge in [-0.25, -0.2) is 0 Å². The number of benzene rings is 1. The van der Waals surface area contributed by atoms with E-state index in [9.17, 15) is 19.2 Å². The zero-order chi connectivity index (χ0) is 21.1. The summed E-state index contributed by atoms with van der Waals surface area (Å²) in [4.78, 5) is 53.4. The van der Waals surface area contributed by atoms with Gasteiger partial charge >= 0.3 is 0 Å². The van der Waals surface area contributed by atoms with E-state index in [1.807, 2.05) is 4.90 Å². The molecule has 0 unspecified atom stereocenters. The van der Waals surface area contributed by atoms with Crippen LogP contribution < -0.4 is 5.32 Å². The van der Waals surface area contributed by atoms with Crippen molar-refractivity contribution in [3.05, 3.63) is 57.3 Å². The van der Waals surface area contributed by atoms with E-state index in [4.69, 9.17) is 0 Å². The summed E-state index contributed by atoms with van der Waals surface area (Å²) < 4.78 is 0. The fraction of sp³-hybridized carbons (Fsp3) is 0.364. The van der Waals surface area contributed by atoms with E-state index >= 15 is 0 Å². The molecule has 1 aromatic heterocycles. The average molecular weight is 426 g/mol. The Hall–Kier alpha value is -3.00. The minimum atomic E-state index is -0.308. The molecule has 0 atom stereocenters. The smallest absolute Gasteiger partial charge is 0.261 e. The van der Waals surface area contributed by atoms with Gasteiger partial charge in [-0.15, -0.1) is 11.3 Å². The number of nitrogens with one attached hydrogen (secondary N) is 1. The predicted molar refractivity (Wildman–Crippen MR) is 112 cm³/mol. The van der Waals surface area contributed by atoms with E-state index in [1.165, 1.54) is 15.3 Å². The van der Waals surface area contributed by atoms with Crippen LogP contribution in [0, 0.1) is 0 Å². The summed E-state index contributed by atoms with van der Waals surface area (Å²) in [6.45, 7) is 1.86. The zero-order valence-electron chi connectivity index (χ0n) is 16.6. The molecule has 4 amide bonds. The van der Waals surface area contributed by atoms with Crippen LogP contribution in [0.4, 0.5) is 0 Å². The first kappa shape index (κ1) is 20.3. The Morgan fingerprint density at radius 2 is 1.77 bits per heavy atom. The number of hydrogen-bond donors (Lipinski definition) is 1. The first-order valence-electron chi connectivity index (χ1n) is 10.1. The van der Waals surface area contributed by atoms with Crippen LogP contribution in [0.25, 0.3) is 0 Å². The molecule has 30 heavy (non-hydrogen) atoms. The van der Waals surface area contributed by atoms with E-state index in [-0.39, 0.29) is 49.6 Å². The summed E-state index contributed by atoms with van der Waals surface area (Å²) in [5.74, 6) is -0.759. The van der Waals surface area contributed by atoms with Gasteiger partial charge in [0.05, 0.1) is 11.1 Å². The molecular weight excluding hydrogens is 402 g/mol. The van der Waals surface area contributed by atoms with Crippen LogP contribution in [-0.2, 0) is 22.6 Å². The molecule has 0 saturated heterocycles. The topological polar surface area (TPSA) is 86.8 Å². The largest absolute Gasteiger partial charge is 0.356 e. The van der Waals surface area contributed by atoms with Crippen LogP contribution in [0.5, 0.6) is 0 Å². The van der Waals surface area contributed by atoms with Crippen LogP contribution in [0.2, 0.25) is 0 Å². The number of nitrogens with zero attached hydrogens (tertiary/aromatic N) is 2. The quantitative estimate of drug-likeness (QED) is 0.689. The van der Waals surface area contributed by atoms with Crippen LogP contribution in [0.1, 0.15) is 50.4 Å². The Morgan fingerprint density at radius 1 is 1.03 bits per heavy atom. The summed E-state index contributed by atoms with van der Waals surface area (Å²) in [7, 11) is 0. The lowest BCUT2D eigenvalue weighted by Gasteiger charge is -2.27. The van der Waals surface area contributed by atoms with Crippen molar-refractivity contribution in [1.29, 1.82) is 0 Å². The number of imide groups is 1. The highest BCUT2D eigenvalue weighted by molar-refractivity contribution is 7.10. The molecule has 0 aliphatic carbocycles. The molecule has 1 N–H and O–H groups in total. The van der Waals surface area contributed by atoms with E-state index in [2.05, 4.69) is 16.8 Å². The minimum Gasteiger partial charge on any atom is -0.356 e. The number of amides is 4. The first-order valence-corrected chi connectivity index (χ1v) is 11.0. The van der Waals surface area contributed by atoms with Crippen molar-refractivity contribution >= 4 is 35.0 Å². The Morgan fingerprint density at radius 3 is 2.50 bits per heavy atom. The molecule has 156 valence electrons. The van der Waals surface area contributed by atoms with Crippen molar-refractivity contribution < 1.29 is 19.2 Å². The van der Waals surface area contributed by atoms with Crippen molar-refractivity contribution in [1.82, 2.24) is 15.1 Å². The summed E-state index contributed by atoms with van der Waals surface area (Å²) >= 11 is 1.73. The lowest BCUT2D eigenvalue weighted by atomic mass is 10.1. The normalized spacial score (nSPS) is 15.2. The third-order valence-electron chi connectivity index (χ3n) is 5.49. The van der Waals surface area contributed by atoms with Crippen LogP contribution in [-0.4, -0.2) is 53.1 Å². The van der Waals surface area contributed by atoms with Crippen molar-refractivity contribution in [2.24, 2.45) is 0 Å². The third kappa shape index (κ3) is 4.14. The van der Waals surface area contributed by atoms with Crippen LogP contribution >= 0.6 is 11.3 Å². The molecule has 4 rings (SSSR count). The van der Waals surface area contributed by atoms with Crippen molar-refractivity contribution in [2.75, 3.05) is 19.6 Å². The van der Waals surface area contributed by atoms with Crippen LogP contribution in [0.15, 0.2) is 35.7 Å². The first-order chi connectivity index (χ1) is 14.5. The zero-order valence-corrected chi connectivity index (χ0v) is 17.4. The van der Waals surface area contributed by atoms with E-state index < -0.39 is 0 Å². The summed E-state index contributed by atoms with van der Waals surface area (Å²) in [5, 5.41) is 4.82. The maximum atomic E-state index is 12.4. The number of fused-ring (bicyclic) bond motifs is 2. The second kappa shape index (κ2) is 8.79. The Labute approximate surface area is 178 Å². The minimum absolute atomic E-state index is 0.0400. The Bertz CT molecular complexity index is 965. The van der Waals surface area contributed by atoms with Crippen molar-refractivity contribution in [2.45, 2.75) is 32.2 Å². The van der Waals surface area contributed by atoms with Gasteiger partial charge in [0.1, 0.15) is 0 Å². The Kier molecular flexibility index (Phi) is 5.94. The standard InChI is InChI=1S/C22H23N3O4S/c26-19(6-3-11-25-21(28)16-4-1-2-5-17(16)22(25)29)23-10-7-20(27)24-12-8-18-15(14-24)9-13-30-18/h1-2,4-5,9,13H,3,6-8,10-12,14H2,(H,23,26). The molecule has 3 heterocycles. The van der Waals surface area contributed by atoms with E-state index in [0.29, 0.717) is 24.1 Å². The monoisotopic (exact) mass is 425 g/mol. The highest BCUT2D eigenvalue weighted by Gasteiger charge is 2.34. The molecular formula is C22H23N3O4S. The van der Waals surface area contributed by atoms with Gasteiger partial charge in [0.15, 0.2) is 0 Å². The molecule has 2 aliphatic rings. The van der Waals surface area contributed by atoms with E-state index in [1.54, 1.807) is 35.6 Å². The van der Waals surface area contributed by atoms with Crippen molar-refractivity contribution in [3.8, 4) is 0 Å². The SMILES string of the molecule is O=C(CCCN1C(=O)c2ccccc2C1=O)NCCC(=O)N1CCc2sccc2C1. The molecule has 0 fully saturated rings. The van der Waals surface area contributed by atoms with Gasteiger partial charge in [0, 0.05) is 43.9 Å². The lowest BCUT2D eigenvalue weighted by Crippen LogP contribution is -2.37. The highest BCUT2D eigenvalue weighted by atomic mass is 32.1. The van der Waals surface area contributed by atoms with Crippen molar-refractivity contribution in [3.63, 3.8) is 0 Å². The molecule has 7 nitrogen and oxygen atoms in total. The molecule has 0 spiro atoms. The lowest BCUT2D eigenvalue weighted by molar-refractivity contribution is -0.132. The molecule has 0 radical (unpaired) electrons. The fourth-order valence-electron chi connectivity index (χ4n) is 3.86. The second-order valence-corrected chi connectivity index (χ2v) is 8.45. The van der Waals surface area contributed by atoms with Crippen LogP contribution in [0.3, 0.4) is 0 Å². The molecule has 1 aromatic carbocycles. The summed E-state index contributed by atoms with van der Waals surface area (Å²) in [6, 6.07) is 8.80. The maximum Gasteiger partial charge on any atom is 0.261 e. The fourth-order valence-corrected chi connectivity index (χ4v) is 4.75. The predicted octanol–water partition coefficient (Wildman–Crippen LogP) is 2.22.